The van der Waals surface area contributed by atoms with E-state index in [1.165, 1.54) is 18.6 Å². The number of aliphatic imine (C=N–C) groups is 2. The van der Waals surface area contributed by atoms with Gasteiger partial charge in [0, 0.05) is 22.9 Å². The molecule has 0 atom stereocenters. The number of benzene rings is 2. The van der Waals surface area contributed by atoms with E-state index in [0.717, 1.165) is 6.21 Å². The Hall–Kier alpha value is -4.07. The van der Waals surface area contributed by atoms with E-state index in [0.29, 0.717) is 33.0 Å². The molecule has 136 valence electrons. The Bertz CT molecular complexity index is 1260. The van der Waals surface area contributed by atoms with E-state index in [1.54, 1.807) is 42.5 Å². The molecule has 1 aliphatic rings. The lowest BCUT2D eigenvalue weighted by Crippen LogP contribution is -2.25. The molecule has 2 bridgehead atoms. The first kappa shape index (κ1) is 17.3. The molecule has 0 aliphatic carbocycles. The Balaban J connectivity index is 1.97. The lowest BCUT2D eigenvalue weighted by Gasteiger charge is -2.05. The maximum atomic E-state index is 12.1. The molecule has 0 spiro atoms. The number of fused-ring (bicyclic) bond motifs is 2. The van der Waals surface area contributed by atoms with Crippen molar-refractivity contribution in [2.24, 2.45) is 15.0 Å². The van der Waals surface area contributed by atoms with Crippen LogP contribution >= 0.6 is 0 Å². The van der Waals surface area contributed by atoms with Crippen LogP contribution in [-0.2, 0) is 9.59 Å². The third-order valence-electron chi connectivity index (χ3n) is 3.87. The quantitative estimate of drug-likeness (QED) is 0.585. The zero-order valence-electron chi connectivity index (χ0n) is 14.5. The summed E-state index contributed by atoms with van der Waals surface area (Å²) in [5.41, 5.74) is 0.702. The molecular formula is C20H13N5O3. The standard InChI is InChI=1S/C20H13N5O3/c26-18-9-13-3-1-2-4-16(13)25-20-15-10-14(5-6-17(15)23-12-24-20)28-8-7-21-19(27)11-22-18/h1-7,9-12H,8H2/b13-9-,21-7-,22-11-,25-16-. The summed E-state index contributed by atoms with van der Waals surface area (Å²) in [7, 11) is 0. The van der Waals surface area contributed by atoms with Crippen molar-refractivity contribution in [1.29, 1.82) is 0 Å². The molecule has 3 aromatic rings. The highest BCUT2D eigenvalue weighted by molar-refractivity contribution is 6.31. The van der Waals surface area contributed by atoms with Crippen LogP contribution < -0.4 is 15.3 Å². The molecule has 8 nitrogen and oxygen atoms in total. The van der Waals surface area contributed by atoms with Gasteiger partial charge in [-0.1, -0.05) is 18.2 Å². The molecule has 4 rings (SSSR count). The third kappa shape index (κ3) is 3.85. The van der Waals surface area contributed by atoms with Gasteiger partial charge in [-0.2, -0.15) is 0 Å². The molecule has 2 amide bonds. The van der Waals surface area contributed by atoms with E-state index in [-0.39, 0.29) is 6.61 Å². The van der Waals surface area contributed by atoms with Gasteiger partial charge in [0.05, 0.1) is 17.1 Å². The largest absolute Gasteiger partial charge is 0.488 e. The van der Waals surface area contributed by atoms with E-state index in [1.807, 2.05) is 0 Å². The van der Waals surface area contributed by atoms with Crippen LogP contribution in [0.1, 0.15) is 0 Å². The molecule has 0 radical (unpaired) electrons. The minimum Gasteiger partial charge on any atom is -0.488 e. The number of nitrogens with zero attached hydrogens (tertiary/aromatic N) is 5. The fourth-order valence-corrected chi connectivity index (χ4v) is 2.61. The first-order valence-electron chi connectivity index (χ1n) is 8.37. The van der Waals surface area contributed by atoms with Gasteiger partial charge in [-0.25, -0.2) is 24.9 Å². The van der Waals surface area contributed by atoms with E-state index >= 15 is 0 Å². The zero-order chi connectivity index (χ0) is 19.3. The topological polar surface area (TPSA) is 106 Å². The lowest BCUT2D eigenvalue weighted by atomic mass is 10.2. The molecule has 28 heavy (non-hydrogen) atoms. The second-order valence-electron chi connectivity index (χ2n) is 5.75. The minimum atomic E-state index is -0.649. The van der Waals surface area contributed by atoms with Crippen molar-refractivity contribution in [2.75, 3.05) is 6.61 Å². The van der Waals surface area contributed by atoms with Crippen LogP contribution in [-0.4, -0.2) is 40.8 Å². The Morgan fingerprint density at radius 2 is 1.82 bits per heavy atom. The number of hydrogen-bond acceptors (Lipinski definition) is 6. The van der Waals surface area contributed by atoms with E-state index in [9.17, 15) is 9.59 Å². The van der Waals surface area contributed by atoms with Crippen molar-refractivity contribution in [3.63, 3.8) is 0 Å². The third-order valence-corrected chi connectivity index (χ3v) is 3.87. The Morgan fingerprint density at radius 3 is 2.75 bits per heavy atom. The van der Waals surface area contributed by atoms with Crippen LogP contribution in [0.5, 0.6) is 5.75 Å². The molecule has 0 fully saturated rings. The molecule has 0 saturated carbocycles. The van der Waals surface area contributed by atoms with Crippen molar-refractivity contribution >= 4 is 47.0 Å². The Labute approximate surface area is 158 Å². The van der Waals surface area contributed by atoms with Gasteiger partial charge in [-0.05, 0) is 24.3 Å². The summed E-state index contributed by atoms with van der Waals surface area (Å²) in [6.45, 7) is 0.0775. The summed E-state index contributed by atoms with van der Waals surface area (Å²) >= 11 is 0. The monoisotopic (exact) mass is 371 g/mol. The number of para-hydroxylation sites is 1. The fraction of sp³-hybridized carbons (Fsp3) is 0.0500. The predicted molar refractivity (Wildman–Crippen MR) is 103 cm³/mol. The van der Waals surface area contributed by atoms with Crippen LogP contribution in [0.4, 0.5) is 5.82 Å². The smallest absolute Gasteiger partial charge is 0.288 e. The summed E-state index contributed by atoms with van der Waals surface area (Å²) in [6, 6.07) is 12.4. The number of carbonyl (C=O) groups excluding carboxylic acids is 2. The summed E-state index contributed by atoms with van der Waals surface area (Å²) in [5.74, 6) is -0.231. The van der Waals surface area contributed by atoms with E-state index in [4.69, 9.17) is 4.74 Å². The van der Waals surface area contributed by atoms with Crippen molar-refractivity contribution in [3.05, 3.63) is 59.4 Å². The predicted octanol–water partition coefficient (Wildman–Crippen LogP) is 0.949. The van der Waals surface area contributed by atoms with E-state index < -0.39 is 11.8 Å². The van der Waals surface area contributed by atoms with Crippen molar-refractivity contribution in [1.82, 2.24) is 9.97 Å². The maximum Gasteiger partial charge on any atom is 0.288 e. The highest BCUT2D eigenvalue weighted by Crippen LogP contribution is 2.25. The molecule has 8 heteroatoms. The van der Waals surface area contributed by atoms with Crippen LogP contribution in [0.25, 0.3) is 17.0 Å². The first-order chi connectivity index (χ1) is 13.7. The number of carbonyl (C=O) groups is 2. The molecule has 0 unspecified atom stereocenters. The van der Waals surface area contributed by atoms with Gasteiger partial charge in [0.2, 0.25) is 0 Å². The maximum absolute atomic E-state index is 12.1. The molecule has 0 N–H and O–H groups in total. The van der Waals surface area contributed by atoms with Gasteiger partial charge in [0.25, 0.3) is 11.8 Å². The molecule has 2 aromatic carbocycles. The fourth-order valence-electron chi connectivity index (χ4n) is 2.61. The highest BCUT2D eigenvalue weighted by atomic mass is 16.5. The number of rotatable bonds is 0. The summed E-state index contributed by atoms with van der Waals surface area (Å²) in [5, 5.41) is 1.78. The second kappa shape index (κ2) is 7.67. The summed E-state index contributed by atoms with van der Waals surface area (Å²) < 4.78 is 5.59. The Morgan fingerprint density at radius 1 is 0.929 bits per heavy atom. The number of amides is 2. The minimum absolute atomic E-state index is 0.0775. The van der Waals surface area contributed by atoms with Gasteiger partial charge in [-0.3, -0.25) is 9.59 Å². The van der Waals surface area contributed by atoms with E-state index in [2.05, 4.69) is 24.9 Å². The summed E-state index contributed by atoms with van der Waals surface area (Å²) in [4.78, 5) is 44.1. The van der Waals surface area contributed by atoms with Gasteiger partial charge in [0.1, 0.15) is 18.7 Å². The number of ether oxygens (including phenoxy) is 1. The van der Waals surface area contributed by atoms with Gasteiger partial charge in [-0.15, -0.1) is 0 Å². The second-order valence-corrected chi connectivity index (χ2v) is 5.75. The van der Waals surface area contributed by atoms with Gasteiger partial charge in [0.15, 0.2) is 5.82 Å². The van der Waals surface area contributed by atoms with Crippen molar-refractivity contribution < 1.29 is 14.3 Å². The zero-order valence-corrected chi connectivity index (χ0v) is 14.5. The average Bonchev–Trinajstić information content (AvgIpc) is 2.71. The first-order valence-corrected chi connectivity index (χ1v) is 8.37. The van der Waals surface area contributed by atoms with Crippen LogP contribution in [0, 0.1) is 0 Å². The average molecular weight is 371 g/mol. The van der Waals surface area contributed by atoms with Gasteiger partial charge < -0.3 is 4.74 Å². The van der Waals surface area contributed by atoms with Crippen molar-refractivity contribution in [2.45, 2.75) is 0 Å². The molecule has 2 heterocycles. The van der Waals surface area contributed by atoms with Crippen LogP contribution in [0.2, 0.25) is 0 Å². The van der Waals surface area contributed by atoms with Crippen LogP contribution in [0.3, 0.4) is 0 Å². The summed E-state index contributed by atoms with van der Waals surface area (Å²) in [6.07, 6.45) is 4.91. The lowest BCUT2D eigenvalue weighted by molar-refractivity contribution is -0.113. The highest BCUT2D eigenvalue weighted by Gasteiger charge is 2.05. The van der Waals surface area contributed by atoms with Crippen molar-refractivity contribution in [3.8, 4) is 5.75 Å². The SMILES string of the molecule is O=C1/C=N\C(=O)/C=c2/cccc/c2=N/c2ncnc3ccc(cc23)OC/C=N\1. The molecular weight excluding hydrogens is 358 g/mol. The molecule has 1 aliphatic heterocycles. The van der Waals surface area contributed by atoms with Gasteiger partial charge >= 0.3 is 0 Å². The normalized spacial score (nSPS) is 19.0. The Kier molecular flexibility index (Phi) is 4.75. The number of hydrogen-bond donors (Lipinski definition) is 0. The van der Waals surface area contributed by atoms with Crippen LogP contribution in [0.15, 0.2) is 63.8 Å². The number of aromatic nitrogens is 2. The molecule has 0 saturated heterocycles. The molecule has 1 aromatic heterocycles.